The van der Waals surface area contributed by atoms with Gasteiger partial charge in [-0.2, -0.15) is 0 Å². The number of carbonyl (C=O) groups is 2. The molecule has 6 aromatic rings. The Bertz CT molecular complexity index is 2800. The van der Waals surface area contributed by atoms with Crippen LogP contribution in [0.15, 0.2) is 121 Å². The predicted molar refractivity (Wildman–Crippen MR) is 295 cm³/mol. The summed E-state index contributed by atoms with van der Waals surface area (Å²) in [6, 6.07) is 33.6. The molecule has 0 aromatic heterocycles. The predicted octanol–water partition coefficient (Wildman–Crippen LogP) is 10.5. The molecule has 75 heavy (non-hydrogen) atoms. The molecule has 2 aliphatic rings. The van der Waals surface area contributed by atoms with E-state index >= 15 is 0 Å². The van der Waals surface area contributed by atoms with Crippen molar-refractivity contribution < 1.29 is 47.6 Å². The Balaban J connectivity index is 0.000000209. The molecular weight excluding hydrogens is 1080 g/mol. The van der Waals surface area contributed by atoms with Crippen molar-refractivity contribution in [3.8, 4) is 0 Å². The number of hydrogen-bond donors (Lipinski definition) is 8. The number of aliphatic hydroxyl groups excluding tert-OH is 2. The highest BCUT2D eigenvalue weighted by atomic mass is 127. The molecule has 0 fully saturated rings. The number of aliphatic hydroxyl groups is 2. The average Bonchev–Trinajstić information content (AvgIpc) is 3.36. The van der Waals surface area contributed by atoms with Gasteiger partial charge in [0, 0.05) is 52.6 Å². The van der Waals surface area contributed by atoms with Gasteiger partial charge < -0.3 is 42.1 Å². The molecule has 6 atom stereocenters. The van der Waals surface area contributed by atoms with E-state index < -0.39 is 59.5 Å². The van der Waals surface area contributed by atoms with E-state index in [2.05, 4.69) is 88.8 Å². The second-order valence-corrected chi connectivity index (χ2v) is 20.7. The molecule has 15 heteroatoms. The SMILES string of the molecule is CCc1ccc2c(c1)[C@@H](NC[C@@H](O)[C@@H](N)Cc1cc(F)cc(F)c1)CCC2.CCc1ccc2c(c1)[C@@H](NC[C@@H](O)[C@H](Cc1cc(F)cc(F)c1)Nc1cccc(CC(=O)O)c1)CCC2.O=C(O)Cc1cccc(I)c1. The van der Waals surface area contributed by atoms with Crippen molar-refractivity contribution >= 4 is 40.2 Å². The lowest BCUT2D eigenvalue weighted by Gasteiger charge is -2.31. The Morgan fingerprint density at radius 2 is 1.05 bits per heavy atom. The van der Waals surface area contributed by atoms with Gasteiger partial charge in [-0.15, -0.1) is 0 Å². The summed E-state index contributed by atoms with van der Waals surface area (Å²) in [6.45, 7) is 4.91. The first kappa shape index (κ1) is 58.6. The molecule has 0 aliphatic heterocycles. The van der Waals surface area contributed by atoms with Crippen LogP contribution in [0, 0.1) is 26.8 Å². The number of benzene rings is 6. The Hall–Kier alpha value is -5.69. The van der Waals surface area contributed by atoms with E-state index in [1.165, 1.54) is 57.6 Å². The van der Waals surface area contributed by atoms with Crippen molar-refractivity contribution in [1.29, 1.82) is 0 Å². The molecule has 0 radical (unpaired) electrons. The monoisotopic (exact) mass is 1140 g/mol. The van der Waals surface area contributed by atoms with Crippen molar-refractivity contribution in [2.75, 3.05) is 18.4 Å². The van der Waals surface area contributed by atoms with Crippen LogP contribution in [0.5, 0.6) is 0 Å². The normalized spacial score (nSPS) is 16.3. The van der Waals surface area contributed by atoms with Crippen LogP contribution in [0.2, 0.25) is 0 Å². The van der Waals surface area contributed by atoms with Gasteiger partial charge in [-0.05, 0) is 191 Å². The van der Waals surface area contributed by atoms with Crippen LogP contribution in [0.3, 0.4) is 0 Å². The lowest BCUT2D eigenvalue weighted by Crippen LogP contribution is -2.44. The van der Waals surface area contributed by atoms with Crippen molar-refractivity contribution in [2.45, 2.75) is 127 Å². The second-order valence-electron chi connectivity index (χ2n) is 19.5. The summed E-state index contributed by atoms with van der Waals surface area (Å²) in [7, 11) is 0. The maximum Gasteiger partial charge on any atom is 0.307 e. The number of anilines is 1. The molecule has 8 rings (SSSR count). The molecule has 6 aromatic carbocycles. The fourth-order valence-corrected chi connectivity index (χ4v) is 10.4. The molecule has 0 unspecified atom stereocenters. The fourth-order valence-electron chi connectivity index (χ4n) is 9.77. The summed E-state index contributed by atoms with van der Waals surface area (Å²) in [5.41, 5.74) is 16.9. The first-order valence-corrected chi connectivity index (χ1v) is 26.8. The average molecular weight is 1150 g/mol. The minimum Gasteiger partial charge on any atom is -0.481 e. The van der Waals surface area contributed by atoms with E-state index in [-0.39, 0.29) is 44.3 Å². The van der Waals surface area contributed by atoms with Crippen molar-refractivity contribution in [2.24, 2.45) is 5.73 Å². The first-order valence-electron chi connectivity index (χ1n) is 25.7. The van der Waals surface area contributed by atoms with Gasteiger partial charge >= 0.3 is 11.9 Å². The maximum absolute atomic E-state index is 13.9. The number of aliphatic carboxylic acids is 2. The summed E-state index contributed by atoms with van der Waals surface area (Å²) in [5, 5.41) is 49.5. The number of fused-ring (bicyclic) bond motifs is 2. The van der Waals surface area contributed by atoms with E-state index in [0.29, 0.717) is 28.9 Å². The van der Waals surface area contributed by atoms with Gasteiger partial charge in [0.15, 0.2) is 0 Å². The van der Waals surface area contributed by atoms with Crippen LogP contribution in [0.1, 0.15) is 107 Å². The standard InChI is InChI=1S/C30H34F2N2O3.C22H28F2N2O.C8H7IO2/c1-2-19-9-10-22-6-4-8-27(26(22)14-19)33-18-29(35)28(15-21-11-23(31)17-24(32)12-21)34-25-7-3-5-20(13-25)16-30(36)37;1-2-14-6-7-16-4-3-5-21(19(16)10-14)26-13-22(27)20(25)11-15-8-17(23)12-18(24)9-15;9-7-3-1-2-6(4-7)5-8(10)11/h3,5,7,9-14,17,27-29,33-35H,2,4,6,8,15-16,18H2,1H3,(H,36,37);6-10,12,20-22,26-27H,2-5,11,13,25H2,1H3;1-4H,5H2,(H,10,11)/t27-,28-,29+;20-,21-,22+;/m00./s1. The van der Waals surface area contributed by atoms with E-state index in [9.17, 15) is 37.4 Å². The highest BCUT2D eigenvalue weighted by Gasteiger charge is 2.26. The van der Waals surface area contributed by atoms with Crippen LogP contribution >= 0.6 is 22.6 Å². The van der Waals surface area contributed by atoms with Gasteiger partial charge in [0.1, 0.15) is 23.3 Å². The summed E-state index contributed by atoms with van der Waals surface area (Å²) in [5.74, 6) is -4.32. The number of nitrogens with two attached hydrogens (primary N) is 1. The van der Waals surface area contributed by atoms with E-state index in [1.807, 2.05) is 24.3 Å². The molecule has 2 aliphatic carbocycles. The fraction of sp³-hybridized carbons (Fsp3) is 0.367. The molecule has 0 spiro atoms. The highest BCUT2D eigenvalue weighted by molar-refractivity contribution is 14.1. The number of aryl methyl sites for hydroxylation is 4. The molecule has 0 bridgehead atoms. The molecule has 10 nitrogen and oxygen atoms in total. The summed E-state index contributed by atoms with van der Waals surface area (Å²) in [4.78, 5) is 21.4. The summed E-state index contributed by atoms with van der Waals surface area (Å²) in [6.07, 6.45) is 6.97. The lowest BCUT2D eigenvalue weighted by molar-refractivity contribution is -0.137. The Labute approximate surface area is 451 Å². The maximum atomic E-state index is 13.9. The molecule has 0 heterocycles. The number of halogens is 5. The third kappa shape index (κ3) is 18.8. The van der Waals surface area contributed by atoms with Crippen LogP contribution < -0.4 is 21.7 Å². The minimum atomic E-state index is -0.938. The largest absolute Gasteiger partial charge is 0.481 e. The molecule has 0 saturated carbocycles. The van der Waals surface area contributed by atoms with Crippen LogP contribution in [0.25, 0.3) is 0 Å². The number of carboxylic acids is 2. The van der Waals surface area contributed by atoms with Gasteiger partial charge in [-0.3, -0.25) is 9.59 Å². The first-order chi connectivity index (χ1) is 35.9. The smallest absolute Gasteiger partial charge is 0.307 e. The van der Waals surface area contributed by atoms with E-state index in [4.69, 9.17) is 15.9 Å². The molecule has 0 amide bonds. The van der Waals surface area contributed by atoms with Gasteiger partial charge in [0.25, 0.3) is 0 Å². The summed E-state index contributed by atoms with van der Waals surface area (Å²) < 4.78 is 55.5. The quantitative estimate of drug-likeness (QED) is 0.0271. The number of rotatable bonds is 20. The van der Waals surface area contributed by atoms with Crippen LogP contribution in [-0.2, 0) is 61.0 Å². The topological polar surface area (TPSA) is 177 Å². The minimum absolute atomic E-state index is 0.108. The van der Waals surface area contributed by atoms with Gasteiger partial charge in [0.05, 0.1) is 31.1 Å². The van der Waals surface area contributed by atoms with E-state index in [1.54, 1.807) is 24.3 Å². The third-order valence-corrected chi connectivity index (χ3v) is 14.3. The second kappa shape index (κ2) is 29.0. The lowest BCUT2D eigenvalue weighted by atomic mass is 9.86. The van der Waals surface area contributed by atoms with Gasteiger partial charge in [-0.25, -0.2) is 17.6 Å². The highest BCUT2D eigenvalue weighted by Crippen LogP contribution is 2.32. The zero-order valence-corrected chi connectivity index (χ0v) is 44.6. The molecule has 400 valence electrons. The van der Waals surface area contributed by atoms with Crippen LogP contribution in [-0.4, -0.2) is 69.7 Å². The number of nitrogens with one attached hydrogen (secondary N) is 3. The Morgan fingerprint density at radius 1 is 0.587 bits per heavy atom. The molecule has 0 saturated heterocycles. The Kier molecular flexibility index (Phi) is 22.6. The van der Waals surface area contributed by atoms with E-state index in [0.717, 1.165) is 72.6 Å². The van der Waals surface area contributed by atoms with Crippen molar-refractivity contribution in [1.82, 2.24) is 10.6 Å². The zero-order chi connectivity index (χ0) is 54.0. The van der Waals surface area contributed by atoms with Crippen molar-refractivity contribution in [3.63, 3.8) is 0 Å². The Morgan fingerprint density at radius 3 is 1.53 bits per heavy atom. The number of carboxylic acid groups (broad SMARTS) is 2. The van der Waals surface area contributed by atoms with Crippen molar-refractivity contribution in [3.05, 3.63) is 204 Å². The molecular formula is C60H69F4IN4O6. The summed E-state index contributed by atoms with van der Waals surface area (Å²) >= 11 is 2.16. The van der Waals surface area contributed by atoms with Crippen LogP contribution in [0.4, 0.5) is 23.2 Å². The third-order valence-electron chi connectivity index (χ3n) is 13.6. The van der Waals surface area contributed by atoms with Gasteiger partial charge in [0.2, 0.25) is 0 Å². The zero-order valence-electron chi connectivity index (χ0n) is 42.5. The molecule has 9 N–H and O–H groups in total. The van der Waals surface area contributed by atoms with Gasteiger partial charge in [-0.1, -0.05) is 74.5 Å². The number of hydrogen-bond acceptors (Lipinski definition) is 8.